The van der Waals surface area contributed by atoms with E-state index in [2.05, 4.69) is 22.1 Å². The lowest BCUT2D eigenvalue weighted by Gasteiger charge is -2.10. The van der Waals surface area contributed by atoms with Crippen LogP contribution in [0.5, 0.6) is 0 Å². The number of halogens is 1. The summed E-state index contributed by atoms with van der Waals surface area (Å²) < 4.78 is 0. The summed E-state index contributed by atoms with van der Waals surface area (Å²) >= 11 is 8.09. The third-order valence-corrected chi connectivity index (χ3v) is 4.31. The summed E-state index contributed by atoms with van der Waals surface area (Å²) in [6.07, 6.45) is 6.20. The second kappa shape index (κ2) is 5.73. The number of hydrogen-bond acceptors (Lipinski definition) is 3. The summed E-state index contributed by atoms with van der Waals surface area (Å²) in [5.74, 6) is 1.32. The highest BCUT2D eigenvalue weighted by Gasteiger charge is 2.14. The van der Waals surface area contributed by atoms with E-state index in [9.17, 15) is 0 Å². The molecule has 1 atom stereocenters. The number of thioether (sulfide) groups is 1. The summed E-state index contributed by atoms with van der Waals surface area (Å²) in [5.41, 5.74) is 1.13. The van der Waals surface area contributed by atoms with Gasteiger partial charge in [-0.2, -0.15) is 11.8 Å². The highest BCUT2D eigenvalue weighted by molar-refractivity contribution is 8.00. The molecule has 2 rings (SSSR count). The van der Waals surface area contributed by atoms with Gasteiger partial charge in [-0.1, -0.05) is 11.6 Å². The van der Waals surface area contributed by atoms with Gasteiger partial charge in [-0.15, -0.1) is 0 Å². The SMILES string of the molecule is Clc1cnccc1CNCC1CCCS1. The van der Waals surface area contributed by atoms with Gasteiger partial charge < -0.3 is 5.32 Å². The van der Waals surface area contributed by atoms with Crippen molar-refractivity contribution in [2.24, 2.45) is 0 Å². The molecule has 15 heavy (non-hydrogen) atoms. The average molecular weight is 243 g/mol. The van der Waals surface area contributed by atoms with E-state index in [1.807, 2.05) is 6.07 Å². The van der Waals surface area contributed by atoms with Gasteiger partial charge in [-0.3, -0.25) is 4.98 Å². The Morgan fingerprint density at radius 3 is 3.27 bits per heavy atom. The number of pyridine rings is 1. The van der Waals surface area contributed by atoms with Gasteiger partial charge in [0.05, 0.1) is 5.02 Å². The maximum Gasteiger partial charge on any atom is 0.0634 e. The first kappa shape index (κ1) is 11.2. The van der Waals surface area contributed by atoms with Crippen molar-refractivity contribution in [3.8, 4) is 0 Å². The molecule has 1 aliphatic rings. The van der Waals surface area contributed by atoms with Crippen LogP contribution in [0, 0.1) is 0 Å². The van der Waals surface area contributed by atoms with E-state index in [1.165, 1.54) is 18.6 Å². The smallest absolute Gasteiger partial charge is 0.0634 e. The molecule has 1 aliphatic heterocycles. The molecular formula is C11H15ClN2S. The van der Waals surface area contributed by atoms with Gasteiger partial charge in [-0.25, -0.2) is 0 Å². The fourth-order valence-corrected chi connectivity index (χ4v) is 3.14. The van der Waals surface area contributed by atoms with Crippen LogP contribution in [0.2, 0.25) is 5.02 Å². The number of hydrogen-bond donors (Lipinski definition) is 1. The van der Waals surface area contributed by atoms with Crippen molar-refractivity contribution in [2.45, 2.75) is 24.6 Å². The van der Waals surface area contributed by atoms with E-state index >= 15 is 0 Å². The first-order valence-electron chi connectivity index (χ1n) is 5.27. The maximum atomic E-state index is 6.01. The molecule has 1 aromatic rings. The molecular weight excluding hydrogens is 228 g/mol. The van der Waals surface area contributed by atoms with Crippen LogP contribution in [0.15, 0.2) is 18.5 Å². The van der Waals surface area contributed by atoms with Crippen LogP contribution in [-0.4, -0.2) is 22.5 Å². The monoisotopic (exact) mass is 242 g/mol. The number of rotatable bonds is 4. The van der Waals surface area contributed by atoms with E-state index in [0.29, 0.717) is 0 Å². The summed E-state index contributed by atoms with van der Waals surface area (Å²) in [7, 11) is 0. The lowest BCUT2D eigenvalue weighted by Crippen LogP contribution is -2.22. The maximum absolute atomic E-state index is 6.01. The second-order valence-electron chi connectivity index (χ2n) is 3.73. The predicted molar refractivity (Wildman–Crippen MR) is 66.4 cm³/mol. The highest BCUT2D eigenvalue weighted by Crippen LogP contribution is 2.25. The summed E-state index contributed by atoms with van der Waals surface area (Å²) in [5, 5.41) is 5.00. The molecule has 1 fully saturated rings. The molecule has 1 unspecified atom stereocenters. The third-order valence-electron chi connectivity index (χ3n) is 2.57. The van der Waals surface area contributed by atoms with Crippen molar-refractivity contribution >= 4 is 23.4 Å². The summed E-state index contributed by atoms with van der Waals surface area (Å²) in [4.78, 5) is 3.97. The van der Waals surface area contributed by atoms with Crippen molar-refractivity contribution in [3.63, 3.8) is 0 Å². The highest BCUT2D eigenvalue weighted by atomic mass is 35.5. The second-order valence-corrected chi connectivity index (χ2v) is 5.55. The molecule has 0 saturated carbocycles. The molecule has 1 N–H and O–H groups in total. The molecule has 2 heterocycles. The Labute approximate surface area is 99.8 Å². The third kappa shape index (κ3) is 3.37. The molecule has 0 spiro atoms. The molecule has 1 saturated heterocycles. The van der Waals surface area contributed by atoms with E-state index < -0.39 is 0 Å². The Kier molecular flexibility index (Phi) is 4.29. The fourth-order valence-electron chi connectivity index (χ4n) is 1.72. The zero-order chi connectivity index (χ0) is 10.5. The van der Waals surface area contributed by atoms with Crippen molar-refractivity contribution < 1.29 is 0 Å². The van der Waals surface area contributed by atoms with Crippen molar-refractivity contribution in [3.05, 3.63) is 29.0 Å². The van der Waals surface area contributed by atoms with Crippen molar-refractivity contribution in [1.29, 1.82) is 0 Å². The largest absolute Gasteiger partial charge is 0.312 e. The lowest BCUT2D eigenvalue weighted by atomic mass is 10.2. The van der Waals surface area contributed by atoms with Crippen molar-refractivity contribution in [1.82, 2.24) is 10.3 Å². The van der Waals surface area contributed by atoms with Gasteiger partial charge in [-0.05, 0) is 30.2 Å². The summed E-state index contributed by atoms with van der Waals surface area (Å²) in [6.45, 7) is 1.93. The Morgan fingerprint density at radius 1 is 1.60 bits per heavy atom. The van der Waals surface area contributed by atoms with Crippen LogP contribution >= 0.6 is 23.4 Å². The van der Waals surface area contributed by atoms with E-state index in [1.54, 1.807) is 12.4 Å². The van der Waals surface area contributed by atoms with Crippen LogP contribution in [0.3, 0.4) is 0 Å². The minimum absolute atomic E-state index is 0.754. The van der Waals surface area contributed by atoms with Crippen LogP contribution in [0.1, 0.15) is 18.4 Å². The first-order chi connectivity index (χ1) is 7.36. The molecule has 4 heteroatoms. The Hall–Kier alpha value is -0.250. The minimum atomic E-state index is 0.754. The molecule has 0 aliphatic carbocycles. The van der Waals surface area contributed by atoms with Crippen LogP contribution in [0.25, 0.3) is 0 Å². The number of aromatic nitrogens is 1. The number of nitrogens with zero attached hydrogens (tertiary/aromatic N) is 1. The van der Waals surface area contributed by atoms with Crippen LogP contribution < -0.4 is 5.32 Å². The van der Waals surface area contributed by atoms with Crippen molar-refractivity contribution in [2.75, 3.05) is 12.3 Å². The average Bonchev–Trinajstić information content (AvgIpc) is 2.74. The Morgan fingerprint density at radius 2 is 2.53 bits per heavy atom. The van der Waals surface area contributed by atoms with E-state index in [0.717, 1.165) is 28.9 Å². The molecule has 0 radical (unpaired) electrons. The molecule has 1 aromatic heterocycles. The van der Waals surface area contributed by atoms with Gasteiger partial charge in [0.25, 0.3) is 0 Å². The van der Waals surface area contributed by atoms with Gasteiger partial charge in [0.1, 0.15) is 0 Å². The number of nitrogens with one attached hydrogen (secondary N) is 1. The van der Waals surface area contributed by atoms with Gasteiger partial charge in [0.15, 0.2) is 0 Å². The molecule has 0 aromatic carbocycles. The molecule has 0 bridgehead atoms. The van der Waals surface area contributed by atoms with E-state index in [-0.39, 0.29) is 0 Å². The summed E-state index contributed by atoms with van der Waals surface area (Å²) in [6, 6.07) is 1.97. The van der Waals surface area contributed by atoms with E-state index in [4.69, 9.17) is 11.6 Å². The Bertz CT molecular complexity index is 313. The fraction of sp³-hybridized carbons (Fsp3) is 0.545. The minimum Gasteiger partial charge on any atom is -0.312 e. The standard InChI is InChI=1S/C11H15ClN2S/c12-11-8-13-4-3-9(11)6-14-7-10-2-1-5-15-10/h3-4,8,10,14H,1-2,5-7H2. The quantitative estimate of drug-likeness (QED) is 0.879. The van der Waals surface area contributed by atoms with Crippen LogP contribution in [-0.2, 0) is 6.54 Å². The molecule has 0 amide bonds. The normalized spacial score (nSPS) is 20.7. The predicted octanol–water partition coefficient (Wildman–Crippen LogP) is 2.72. The zero-order valence-corrected chi connectivity index (χ0v) is 10.2. The van der Waals surface area contributed by atoms with Gasteiger partial charge in [0, 0.05) is 30.7 Å². The van der Waals surface area contributed by atoms with Crippen LogP contribution in [0.4, 0.5) is 0 Å². The van der Waals surface area contributed by atoms with Gasteiger partial charge in [0.2, 0.25) is 0 Å². The lowest BCUT2D eigenvalue weighted by molar-refractivity contribution is 0.645. The molecule has 82 valence electrons. The molecule has 2 nitrogen and oxygen atoms in total. The van der Waals surface area contributed by atoms with Gasteiger partial charge >= 0.3 is 0 Å². The zero-order valence-electron chi connectivity index (χ0n) is 8.58. The first-order valence-corrected chi connectivity index (χ1v) is 6.69. The Balaban J connectivity index is 1.75. The topological polar surface area (TPSA) is 24.9 Å².